The Hall–Kier alpha value is -0.870. The first-order valence-electron chi connectivity index (χ1n) is 4.59. The third kappa shape index (κ3) is 1.96. The molecule has 0 saturated carbocycles. The summed E-state index contributed by atoms with van der Waals surface area (Å²) < 4.78 is 5.27. The van der Waals surface area contributed by atoms with Crippen molar-refractivity contribution in [1.29, 1.82) is 0 Å². The summed E-state index contributed by atoms with van der Waals surface area (Å²) in [5.41, 5.74) is 0.913. The van der Waals surface area contributed by atoms with Crippen LogP contribution in [0.1, 0.15) is 5.69 Å². The Labute approximate surface area is 87.9 Å². The highest BCUT2D eigenvalue weighted by molar-refractivity contribution is 6.29. The van der Waals surface area contributed by atoms with Crippen LogP contribution in [0.25, 0.3) is 0 Å². The molecule has 1 aliphatic heterocycles. The topological polar surface area (TPSA) is 38.2 Å². The first kappa shape index (κ1) is 9.68. The Kier molecular flexibility index (Phi) is 2.84. The van der Waals surface area contributed by atoms with E-state index in [9.17, 15) is 0 Å². The zero-order valence-corrected chi connectivity index (χ0v) is 8.79. The molecule has 2 heterocycles. The molecule has 1 aromatic rings. The summed E-state index contributed by atoms with van der Waals surface area (Å²) in [7, 11) is 0. The fourth-order valence-corrected chi connectivity index (χ4v) is 1.62. The SMILES string of the molecule is Cc1ncc(Cl)nc1N1CCOCC1. The monoisotopic (exact) mass is 213 g/mol. The number of aryl methyl sites for hydroxylation is 1. The minimum Gasteiger partial charge on any atom is -0.378 e. The number of anilines is 1. The number of ether oxygens (including phenoxy) is 1. The quantitative estimate of drug-likeness (QED) is 0.705. The molecule has 14 heavy (non-hydrogen) atoms. The van der Waals surface area contributed by atoms with Gasteiger partial charge >= 0.3 is 0 Å². The molecular weight excluding hydrogens is 202 g/mol. The minimum atomic E-state index is 0.442. The van der Waals surface area contributed by atoms with Gasteiger partial charge in [0.05, 0.1) is 25.1 Å². The van der Waals surface area contributed by atoms with Gasteiger partial charge in [0.15, 0.2) is 5.82 Å². The fourth-order valence-electron chi connectivity index (χ4n) is 1.49. The highest BCUT2D eigenvalue weighted by Crippen LogP contribution is 2.18. The van der Waals surface area contributed by atoms with Crippen molar-refractivity contribution in [2.24, 2.45) is 0 Å². The van der Waals surface area contributed by atoms with Gasteiger partial charge in [-0.25, -0.2) is 4.98 Å². The number of hydrogen-bond acceptors (Lipinski definition) is 4. The van der Waals surface area contributed by atoms with Gasteiger partial charge in [0.25, 0.3) is 0 Å². The number of halogens is 1. The van der Waals surface area contributed by atoms with Crippen molar-refractivity contribution >= 4 is 17.4 Å². The molecule has 1 saturated heterocycles. The largest absolute Gasteiger partial charge is 0.378 e. The van der Waals surface area contributed by atoms with E-state index in [2.05, 4.69) is 14.9 Å². The van der Waals surface area contributed by atoms with Crippen LogP contribution < -0.4 is 4.90 Å². The lowest BCUT2D eigenvalue weighted by Gasteiger charge is -2.28. The lowest BCUT2D eigenvalue weighted by atomic mass is 10.3. The average molecular weight is 214 g/mol. The Morgan fingerprint density at radius 3 is 2.86 bits per heavy atom. The minimum absolute atomic E-state index is 0.442. The van der Waals surface area contributed by atoms with E-state index in [1.54, 1.807) is 6.20 Å². The Bertz CT molecular complexity index is 326. The maximum atomic E-state index is 5.80. The lowest BCUT2D eigenvalue weighted by molar-refractivity contribution is 0.122. The molecule has 0 aliphatic carbocycles. The van der Waals surface area contributed by atoms with Gasteiger partial charge in [0.1, 0.15) is 5.15 Å². The van der Waals surface area contributed by atoms with E-state index < -0.39 is 0 Å². The molecular formula is C9H12ClN3O. The predicted octanol–water partition coefficient (Wildman–Crippen LogP) is 1.28. The van der Waals surface area contributed by atoms with Crippen LogP contribution in [0.3, 0.4) is 0 Å². The molecule has 0 bridgehead atoms. The summed E-state index contributed by atoms with van der Waals surface area (Å²) in [5.74, 6) is 0.876. The molecule has 5 heteroatoms. The highest BCUT2D eigenvalue weighted by Gasteiger charge is 2.15. The second-order valence-corrected chi connectivity index (χ2v) is 3.59. The maximum absolute atomic E-state index is 5.80. The first-order valence-corrected chi connectivity index (χ1v) is 4.97. The molecule has 1 aliphatic rings. The van der Waals surface area contributed by atoms with Crippen LogP contribution in [0, 0.1) is 6.92 Å². The average Bonchev–Trinajstić information content (AvgIpc) is 2.23. The molecule has 1 fully saturated rings. The van der Waals surface area contributed by atoms with Gasteiger partial charge < -0.3 is 9.64 Å². The molecule has 0 amide bonds. The molecule has 0 radical (unpaired) electrons. The second kappa shape index (κ2) is 4.11. The van der Waals surface area contributed by atoms with Crippen LogP contribution in [0.4, 0.5) is 5.82 Å². The van der Waals surface area contributed by atoms with Crippen molar-refractivity contribution in [3.8, 4) is 0 Å². The van der Waals surface area contributed by atoms with E-state index >= 15 is 0 Å². The van der Waals surface area contributed by atoms with Crippen LogP contribution in [-0.2, 0) is 4.74 Å². The normalized spacial score (nSPS) is 17.1. The molecule has 4 nitrogen and oxygen atoms in total. The van der Waals surface area contributed by atoms with Gasteiger partial charge in [-0.15, -0.1) is 0 Å². The number of morpholine rings is 1. The van der Waals surface area contributed by atoms with Crippen LogP contribution in [0.5, 0.6) is 0 Å². The number of hydrogen-bond donors (Lipinski definition) is 0. The van der Waals surface area contributed by atoms with E-state index in [0.717, 1.165) is 37.8 Å². The Morgan fingerprint density at radius 2 is 2.14 bits per heavy atom. The fraction of sp³-hybridized carbons (Fsp3) is 0.556. The van der Waals surface area contributed by atoms with Gasteiger partial charge in [-0.1, -0.05) is 11.6 Å². The van der Waals surface area contributed by atoms with E-state index in [1.165, 1.54) is 0 Å². The Balaban J connectivity index is 2.24. The summed E-state index contributed by atoms with van der Waals surface area (Å²) in [6.07, 6.45) is 1.57. The summed E-state index contributed by atoms with van der Waals surface area (Å²) in [6, 6.07) is 0. The smallest absolute Gasteiger partial charge is 0.152 e. The third-order valence-electron chi connectivity index (χ3n) is 2.21. The molecule has 1 aromatic heterocycles. The van der Waals surface area contributed by atoms with Crippen molar-refractivity contribution in [2.45, 2.75) is 6.92 Å². The molecule has 0 aromatic carbocycles. The van der Waals surface area contributed by atoms with Crippen molar-refractivity contribution in [3.63, 3.8) is 0 Å². The molecule has 0 spiro atoms. The third-order valence-corrected chi connectivity index (χ3v) is 2.39. The highest BCUT2D eigenvalue weighted by atomic mass is 35.5. The zero-order chi connectivity index (χ0) is 9.97. The number of nitrogens with zero attached hydrogens (tertiary/aromatic N) is 3. The summed E-state index contributed by atoms with van der Waals surface area (Å²) in [5, 5.41) is 0.442. The van der Waals surface area contributed by atoms with Crippen LogP contribution in [0.2, 0.25) is 5.15 Å². The summed E-state index contributed by atoms with van der Waals surface area (Å²) >= 11 is 5.80. The Morgan fingerprint density at radius 1 is 1.43 bits per heavy atom. The summed E-state index contributed by atoms with van der Waals surface area (Å²) in [4.78, 5) is 10.6. The predicted molar refractivity (Wildman–Crippen MR) is 54.8 cm³/mol. The molecule has 0 N–H and O–H groups in total. The molecule has 0 unspecified atom stereocenters. The van der Waals surface area contributed by atoms with E-state index in [-0.39, 0.29) is 0 Å². The zero-order valence-electron chi connectivity index (χ0n) is 8.03. The van der Waals surface area contributed by atoms with Crippen LogP contribution >= 0.6 is 11.6 Å². The van der Waals surface area contributed by atoms with Gasteiger partial charge in [-0.05, 0) is 6.92 Å². The van der Waals surface area contributed by atoms with Crippen molar-refractivity contribution in [2.75, 3.05) is 31.2 Å². The lowest BCUT2D eigenvalue weighted by Crippen LogP contribution is -2.37. The first-order chi connectivity index (χ1) is 6.77. The van der Waals surface area contributed by atoms with Gasteiger partial charge in [-0.3, -0.25) is 4.98 Å². The van der Waals surface area contributed by atoms with Crippen LogP contribution in [-0.4, -0.2) is 36.3 Å². The molecule has 0 atom stereocenters. The molecule has 76 valence electrons. The van der Waals surface area contributed by atoms with Crippen molar-refractivity contribution in [1.82, 2.24) is 9.97 Å². The van der Waals surface area contributed by atoms with E-state index in [4.69, 9.17) is 16.3 Å². The second-order valence-electron chi connectivity index (χ2n) is 3.20. The van der Waals surface area contributed by atoms with Gasteiger partial charge in [0.2, 0.25) is 0 Å². The summed E-state index contributed by atoms with van der Waals surface area (Å²) in [6.45, 7) is 5.14. The van der Waals surface area contributed by atoms with Gasteiger partial charge in [0, 0.05) is 13.1 Å². The standard InChI is InChI=1S/C9H12ClN3O/c1-7-9(12-8(10)6-11-7)13-2-4-14-5-3-13/h6H,2-5H2,1H3. The van der Waals surface area contributed by atoms with E-state index in [1.807, 2.05) is 6.92 Å². The number of rotatable bonds is 1. The maximum Gasteiger partial charge on any atom is 0.152 e. The molecule has 2 rings (SSSR count). The number of aromatic nitrogens is 2. The van der Waals surface area contributed by atoms with Crippen LogP contribution in [0.15, 0.2) is 6.20 Å². The van der Waals surface area contributed by atoms with Gasteiger partial charge in [-0.2, -0.15) is 0 Å². The van der Waals surface area contributed by atoms with Crippen molar-refractivity contribution in [3.05, 3.63) is 17.0 Å². The van der Waals surface area contributed by atoms with Crippen molar-refractivity contribution < 1.29 is 4.74 Å². The van der Waals surface area contributed by atoms with E-state index in [0.29, 0.717) is 5.15 Å².